The highest BCUT2D eigenvalue weighted by Gasteiger charge is 2.10. The van der Waals surface area contributed by atoms with Crippen LogP contribution in [0.4, 0.5) is 5.69 Å². The van der Waals surface area contributed by atoms with E-state index in [1.807, 2.05) is 0 Å². The number of aromatic nitrogens is 2. The van der Waals surface area contributed by atoms with E-state index in [9.17, 15) is 4.79 Å². The molecule has 1 aliphatic rings. The van der Waals surface area contributed by atoms with Gasteiger partial charge in [-0.1, -0.05) is 11.6 Å². The van der Waals surface area contributed by atoms with Crippen LogP contribution >= 0.6 is 11.6 Å². The van der Waals surface area contributed by atoms with Gasteiger partial charge in [-0.25, -0.2) is 5.10 Å². The lowest BCUT2D eigenvalue weighted by Gasteiger charge is -2.14. The molecule has 1 saturated heterocycles. The van der Waals surface area contributed by atoms with Gasteiger partial charge < -0.3 is 10.2 Å². The summed E-state index contributed by atoms with van der Waals surface area (Å²) in [6.45, 7) is 4.34. The molecule has 0 saturated carbocycles. The molecule has 1 fully saturated rings. The Kier molecular flexibility index (Phi) is 4.39. The first-order chi connectivity index (χ1) is 8.27. The third kappa shape index (κ3) is 3.44. The van der Waals surface area contributed by atoms with Gasteiger partial charge in [-0.2, -0.15) is 5.10 Å². The molecule has 1 aromatic rings. The maximum absolute atomic E-state index is 11.2. The molecule has 94 valence electrons. The Bertz CT molecular complexity index is 414. The minimum atomic E-state index is -0.351. The topological polar surface area (TPSA) is 61.0 Å². The Morgan fingerprint density at radius 3 is 3.00 bits per heavy atom. The van der Waals surface area contributed by atoms with E-state index >= 15 is 0 Å². The lowest BCUT2D eigenvalue weighted by Crippen LogP contribution is -2.22. The number of likely N-dealkylation sites (tertiary alicyclic amines) is 1. The quantitative estimate of drug-likeness (QED) is 0.780. The molecule has 6 heteroatoms. The smallest absolute Gasteiger partial charge is 0.285 e. The molecule has 1 aliphatic heterocycles. The van der Waals surface area contributed by atoms with E-state index in [-0.39, 0.29) is 10.6 Å². The number of rotatable bonds is 5. The molecule has 2 N–H and O–H groups in total. The molecular formula is C11H17ClN4O. The number of hydrogen-bond acceptors (Lipinski definition) is 4. The molecule has 2 rings (SSSR count). The molecule has 0 atom stereocenters. The van der Waals surface area contributed by atoms with Crippen molar-refractivity contribution >= 4 is 17.3 Å². The molecule has 5 nitrogen and oxygen atoms in total. The van der Waals surface area contributed by atoms with Gasteiger partial charge in [0, 0.05) is 6.54 Å². The summed E-state index contributed by atoms with van der Waals surface area (Å²) >= 11 is 5.84. The number of halogens is 1. The Morgan fingerprint density at radius 2 is 2.24 bits per heavy atom. The zero-order chi connectivity index (χ0) is 12.1. The Balaban J connectivity index is 1.74. The number of nitrogens with one attached hydrogen (secondary N) is 2. The third-order valence-electron chi connectivity index (χ3n) is 2.96. The van der Waals surface area contributed by atoms with Crippen LogP contribution in [0.15, 0.2) is 11.0 Å². The van der Waals surface area contributed by atoms with Gasteiger partial charge in [-0.15, -0.1) is 0 Å². The van der Waals surface area contributed by atoms with E-state index in [1.54, 1.807) is 6.20 Å². The maximum atomic E-state index is 11.2. The first-order valence-corrected chi connectivity index (χ1v) is 6.34. The largest absolute Gasteiger partial charge is 0.382 e. The zero-order valence-electron chi connectivity index (χ0n) is 9.71. The Labute approximate surface area is 105 Å². The fourth-order valence-electron chi connectivity index (χ4n) is 2.04. The highest BCUT2D eigenvalue weighted by Crippen LogP contribution is 2.14. The fraction of sp³-hybridized carbons (Fsp3) is 0.636. The van der Waals surface area contributed by atoms with Crippen molar-refractivity contribution in [1.29, 1.82) is 0 Å². The van der Waals surface area contributed by atoms with E-state index in [4.69, 9.17) is 11.6 Å². The summed E-state index contributed by atoms with van der Waals surface area (Å²) in [6, 6.07) is 0. The zero-order valence-corrected chi connectivity index (χ0v) is 10.5. The Morgan fingerprint density at radius 1 is 1.47 bits per heavy atom. The predicted octanol–water partition coefficient (Wildman–Crippen LogP) is 1.32. The number of nitrogens with zero attached hydrogens (tertiary/aromatic N) is 2. The van der Waals surface area contributed by atoms with E-state index in [0.717, 1.165) is 19.5 Å². The summed E-state index contributed by atoms with van der Waals surface area (Å²) in [5, 5.41) is 9.31. The first-order valence-electron chi connectivity index (χ1n) is 5.97. The van der Waals surface area contributed by atoms with Crippen LogP contribution in [0.2, 0.25) is 5.02 Å². The highest BCUT2D eigenvalue weighted by atomic mass is 35.5. The van der Waals surface area contributed by atoms with Crippen LogP contribution in [0.25, 0.3) is 0 Å². The fourth-order valence-corrected chi connectivity index (χ4v) is 2.20. The summed E-state index contributed by atoms with van der Waals surface area (Å²) in [4.78, 5) is 13.6. The van der Waals surface area contributed by atoms with Crippen molar-refractivity contribution < 1.29 is 0 Å². The molecule has 0 bridgehead atoms. The molecule has 1 aromatic heterocycles. The maximum Gasteiger partial charge on any atom is 0.285 e. The molecular weight excluding hydrogens is 240 g/mol. The summed E-state index contributed by atoms with van der Waals surface area (Å²) in [5.41, 5.74) is 0.257. The number of anilines is 1. The molecule has 17 heavy (non-hydrogen) atoms. The molecule has 0 aliphatic carbocycles. The average molecular weight is 257 g/mol. The third-order valence-corrected chi connectivity index (χ3v) is 3.34. The van der Waals surface area contributed by atoms with Gasteiger partial charge in [0.1, 0.15) is 5.02 Å². The second kappa shape index (κ2) is 6.02. The lowest BCUT2D eigenvalue weighted by molar-refractivity contribution is 0.337. The van der Waals surface area contributed by atoms with Gasteiger partial charge >= 0.3 is 0 Å². The Hall–Kier alpha value is -1.07. The second-order valence-electron chi connectivity index (χ2n) is 4.26. The van der Waals surface area contributed by atoms with Gasteiger partial charge in [0.2, 0.25) is 0 Å². The van der Waals surface area contributed by atoms with Crippen molar-refractivity contribution in [2.45, 2.75) is 19.3 Å². The molecule has 0 unspecified atom stereocenters. The molecule has 0 aromatic carbocycles. The normalized spacial score (nSPS) is 16.3. The summed E-state index contributed by atoms with van der Waals surface area (Å²) in [6.07, 6.45) is 5.22. The molecule has 0 radical (unpaired) electrons. The summed E-state index contributed by atoms with van der Waals surface area (Å²) in [5.74, 6) is 0. The van der Waals surface area contributed by atoms with Crippen LogP contribution in [0.5, 0.6) is 0 Å². The highest BCUT2D eigenvalue weighted by molar-refractivity contribution is 6.32. The SMILES string of the molecule is O=c1[nH]ncc(NCCCN2CCCC2)c1Cl. The molecule has 0 spiro atoms. The summed E-state index contributed by atoms with van der Waals surface area (Å²) in [7, 11) is 0. The van der Waals surface area contributed by atoms with Crippen LogP contribution in [0.1, 0.15) is 19.3 Å². The molecule has 2 heterocycles. The van der Waals surface area contributed by atoms with Crippen molar-refractivity contribution in [2.24, 2.45) is 0 Å². The van der Waals surface area contributed by atoms with E-state index in [2.05, 4.69) is 20.4 Å². The van der Waals surface area contributed by atoms with E-state index in [1.165, 1.54) is 25.9 Å². The van der Waals surface area contributed by atoms with Gasteiger partial charge in [0.15, 0.2) is 0 Å². The van der Waals surface area contributed by atoms with Gasteiger partial charge in [-0.3, -0.25) is 4.79 Å². The number of H-pyrrole nitrogens is 1. The minimum absolute atomic E-state index is 0.182. The molecule has 0 amide bonds. The van der Waals surface area contributed by atoms with Crippen LogP contribution in [-0.2, 0) is 0 Å². The van der Waals surface area contributed by atoms with Crippen molar-refractivity contribution in [3.8, 4) is 0 Å². The number of hydrogen-bond donors (Lipinski definition) is 2. The van der Waals surface area contributed by atoms with Crippen LogP contribution in [-0.4, -0.2) is 41.3 Å². The van der Waals surface area contributed by atoms with Crippen molar-refractivity contribution in [3.63, 3.8) is 0 Å². The van der Waals surface area contributed by atoms with Gasteiger partial charge in [0.05, 0.1) is 11.9 Å². The first kappa shape index (κ1) is 12.4. The van der Waals surface area contributed by atoms with E-state index in [0.29, 0.717) is 5.69 Å². The minimum Gasteiger partial charge on any atom is -0.382 e. The van der Waals surface area contributed by atoms with Crippen molar-refractivity contribution in [3.05, 3.63) is 21.6 Å². The second-order valence-corrected chi connectivity index (χ2v) is 4.63. The van der Waals surface area contributed by atoms with Crippen molar-refractivity contribution in [1.82, 2.24) is 15.1 Å². The van der Waals surface area contributed by atoms with Gasteiger partial charge in [-0.05, 0) is 38.9 Å². The van der Waals surface area contributed by atoms with Gasteiger partial charge in [0.25, 0.3) is 5.56 Å². The monoisotopic (exact) mass is 256 g/mol. The van der Waals surface area contributed by atoms with Crippen LogP contribution in [0.3, 0.4) is 0 Å². The summed E-state index contributed by atoms with van der Waals surface area (Å²) < 4.78 is 0. The predicted molar refractivity (Wildman–Crippen MR) is 68.6 cm³/mol. The lowest BCUT2D eigenvalue weighted by atomic mass is 10.3. The van der Waals surface area contributed by atoms with E-state index < -0.39 is 0 Å². The number of aromatic amines is 1. The van der Waals surface area contributed by atoms with Crippen LogP contribution < -0.4 is 10.9 Å². The van der Waals surface area contributed by atoms with Crippen LogP contribution in [0, 0.1) is 0 Å². The van der Waals surface area contributed by atoms with Crippen molar-refractivity contribution in [2.75, 3.05) is 31.5 Å². The average Bonchev–Trinajstić information content (AvgIpc) is 2.83. The standard InChI is InChI=1S/C11H17ClN4O/c12-10-9(8-14-15-11(10)17)13-4-3-7-16-5-1-2-6-16/h8H,1-7H2,(H2,13,15,17).